The normalized spacial score (nSPS) is 31.0. The number of rotatable bonds is 5. The first-order chi connectivity index (χ1) is 10.0. The molecule has 1 saturated heterocycles. The fourth-order valence-corrected chi connectivity index (χ4v) is 3.67. The molecule has 0 spiro atoms. The lowest BCUT2D eigenvalue weighted by Crippen LogP contribution is -2.55. The third-order valence-corrected chi connectivity index (χ3v) is 5.06. The molecule has 0 radical (unpaired) electrons. The van der Waals surface area contributed by atoms with Gasteiger partial charge in [-0.15, -0.1) is 24.8 Å². The second kappa shape index (κ2) is 10.7. The quantitative estimate of drug-likeness (QED) is 0.776. The van der Waals surface area contributed by atoms with Crippen LogP contribution in [0.2, 0.25) is 0 Å². The van der Waals surface area contributed by atoms with Crippen LogP contribution in [-0.4, -0.2) is 62.8 Å². The van der Waals surface area contributed by atoms with Crippen molar-refractivity contribution in [2.75, 3.05) is 40.4 Å². The van der Waals surface area contributed by atoms with Gasteiger partial charge in [0.2, 0.25) is 5.91 Å². The number of carbonyl (C=O) groups is 1. The molecule has 138 valence electrons. The lowest BCUT2D eigenvalue weighted by Gasteiger charge is -2.45. The number of hydrogen-bond donors (Lipinski definition) is 2. The van der Waals surface area contributed by atoms with Crippen LogP contribution in [0, 0.1) is 5.92 Å². The van der Waals surface area contributed by atoms with Crippen LogP contribution in [0.5, 0.6) is 0 Å². The zero-order valence-electron chi connectivity index (χ0n) is 14.6. The summed E-state index contributed by atoms with van der Waals surface area (Å²) in [7, 11) is 4.28. The van der Waals surface area contributed by atoms with Crippen molar-refractivity contribution in [1.29, 1.82) is 0 Å². The molecule has 7 heteroatoms. The Morgan fingerprint density at radius 2 is 2.13 bits per heavy atom. The molecule has 0 aromatic rings. The van der Waals surface area contributed by atoms with Crippen molar-refractivity contribution in [2.24, 2.45) is 5.92 Å². The van der Waals surface area contributed by atoms with Gasteiger partial charge in [-0.3, -0.25) is 4.79 Å². The Morgan fingerprint density at radius 1 is 1.39 bits per heavy atom. The van der Waals surface area contributed by atoms with Gasteiger partial charge in [-0.25, -0.2) is 0 Å². The van der Waals surface area contributed by atoms with Crippen LogP contribution in [0.1, 0.15) is 39.0 Å². The lowest BCUT2D eigenvalue weighted by atomic mass is 9.75. The highest BCUT2D eigenvalue weighted by atomic mass is 35.5. The maximum absolute atomic E-state index is 12.2. The Hall–Kier alpha value is -0.0700. The number of hydrogen-bond acceptors (Lipinski definition) is 4. The summed E-state index contributed by atoms with van der Waals surface area (Å²) in [5.74, 6) is 0.879. The number of halogens is 2. The number of nitrogens with zero attached hydrogens (tertiary/aromatic N) is 1. The highest BCUT2D eigenvalue weighted by Crippen LogP contribution is 2.35. The number of likely N-dealkylation sites (N-methyl/N-ethyl adjacent to an activating group) is 1. The predicted octanol–water partition coefficient (Wildman–Crippen LogP) is 1.84. The van der Waals surface area contributed by atoms with E-state index in [2.05, 4.69) is 36.6 Å². The van der Waals surface area contributed by atoms with E-state index in [4.69, 9.17) is 4.74 Å². The van der Waals surface area contributed by atoms with E-state index in [-0.39, 0.29) is 42.3 Å². The van der Waals surface area contributed by atoms with Gasteiger partial charge in [0.25, 0.3) is 0 Å². The average Bonchev–Trinajstić information content (AvgIpc) is 2.46. The van der Waals surface area contributed by atoms with Crippen molar-refractivity contribution in [3.8, 4) is 0 Å². The average molecular weight is 370 g/mol. The zero-order chi connectivity index (χ0) is 15.3. The first kappa shape index (κ1) is 22.9. The Morgan fingerprint density at radius 3 is 2.70 bits per heavy atom. The summed E-state index contributed by atoms with van der Waals surface area (Å²) in [6.45, 7) is 5.32. The van der Waals surface area contributed by atoms with E-state index in [0.717, 1.165) is 25.6 Å². The van der Waals surface area contributed by atoms with Gasteiger partial charge in [-0.2, -0.15) is 0 Å². The molecule has 1 saturated carbocycles. The Bertz CT molecular complexity index is 352. The number of morpholine rings is 1. The van der Waals surface area contributed by atoms with E-state index in [1.165, 1.54) is 25.7 Å². The molecule has 1 heterocycles. The molecule has 3 atom stereocenters. The Kier molecular flexibility index (Phi) is 10.7. The van der Waals surface area contributed by atoms with Crippen molar-refractivity contribution < 1.29 is 9.53 Å². The van der Waals surface area contributed by atoms with E-state index in [9.17, 15) is 4.79 Å². The topological polar surface area (TPSA) is 53.6 Å². The van der Waals surface area contributed by atoms with Crippen LogP contribution >= 0.6 is 24.8 Å². The molecule has 2 aliphatic rings. The molecule has 5 nitrogen and oxygen atoms in total. The standard InChI is InChI=1S/C16H31N3O2.2ClH/c1-13-5-4-6-16(10-13,19(2)3)12-18-15(20)9-14-11-21-8-7-17-14;;/h13-14,17H,4-12H2,1-3H3,(H,18,20);2*1H. The largest absolute Gasteiger partial charge is 0.378 e. The van der Waals surface area contributed by atoms with Gasteiger partial charge in [-0.05, 0) is 32.9 Å². The van der Waals surface area contributed by atoms with Crippen LogP contribution in [0.3, 0.4) is 0 Å². The second-order valence-electron chi connectivity index (χ2n) is 7.03. The van der Waals surface area contributed by atoms with Crippen molar-refractivity contribution >= 4 is 30.7 Å². The van der Waals surface area contributed by atoms with Gasteiger partial charge in [0.15, 0.2) is 0 Å². The summed E-state index contributed by atoms with van der Waals surface area (Å²) >= 11 is 0. The summed E-state index contributed by atoms with van der Waals surface area (Å²) < 4.78 is 5.40. The number of amides is 1. The molecule has 1 aliphatic carbocycles. The van der Waals surface area contributed by atoms with Gasteiger partial charge in [-0.1, -0.05) is 19.8 Å². The summed E-state index contributed by atoms with van der Waals surface area (Å²) in [5.41, 5.74) is 0.129. The van der Waals surface area contributed by atoms with Gasteiger partial charge < -0.3 is 20.3 Å². The molecular weight excluding hydrogens is 337 g/mol. The third-order valence-electron chi connectivity index (χ3n) is 5.06. The smallest absolute Gasteiger partial charge is 0.221 e. The van der Waals surface area contributed by atoms with Gasteiger partial charge in [0.05, 0.1) is 13.2 Å². The summed E-state index contributed by atoms with van der Waals surface area (Å²) in [6.07, 6.45) is 5.43. The fourth-order valence-electron chi connectivity index (χ4n) is 3.67. The molecule has 2 N–H and O–H groups in total. The highest BCUT2D eigenvalue weighted by molar-refractivity contribution is 5.85. The molecule has 23 heavy (non-hydrogen) atoms. The summed E-state index contributed by atoms with van der Waals surface area (Å²) in [6, 6.07) is 0.166. The summed E-state index contributed by atoms with van der Waals surface area (Å²) in [5, 5.41) is 6.50. The second-order valence-corrected chi connectivity index (χ2v) is 7.03. The van der Waals surface area contributed by atoms with Gasteiger partial charge >= 0.3 is 0 Å². The molecule has 2 rings (SSSR count). The van der Waals surface area contributed by atoms with E-state index < -0.39 is 0 Å². The monoisotopic (exact) mass is 369 g/mol. The Labute approximate surface area is 153 Å². The molecule has 0 aromatic heterocycles. The Balaban J connectivity index is 0.00000242. The number of nitrogens with one attached hydrogen (secondary N) is 2. The van der Waals surface area contributed by atoms with E-state index in [1.807, 2.05) is 0 Å². The predicted molar refractivity (Wildman–Crippen MR) is 98.8 cm³/mol. The minimum atomic E-state index is 0. The zero-order valence-corrected chi connectivity index (χ0v) is 16.2. The number of ether oxygens (including phenoxy) is 1. The van der Waals surface area contributed by atoms with Crippen LogP contribution < -0.4 is 10.6 Å². The molecule has 1 aliphatic heterocycles. The number of carbonyl (C=O) groups excluding carboxylic acids is 1. The minimum absolute atomic E-state index is 0. The minimum Gasteiger partial charge on any atom is -0.378 e. The van der Waals surface area contributed by atoms with Gasteiger partial charge in [0.1, 0.15) is 0 Å². The maximum atomic E-state index is 12.2. The lowest BCUT2D eigenvalue weighted by molar-refractivity contribution is -0.123. The fraction of sp³-hybridized carbons (Fsp3) is 0.938. The van der Waals surface area contributed by atoms with Crippen molar-refractivity contribution in [3.05, 3.63) is 0 Å². The first-order valence-corrected chi connectivity index (χ1v) is 8.27. The van der Waals surface area contributed by atoms with Crippen molar-refractivity contribution in [3.63, 3.8) is 0 Å². The van der Waals surface area contributed by atoms with Gasteiger partial charge in [0, 0.05) is 31.1 Å². The first-order valence-electron chi connectivity index (χ1n) is 8.27. The van der Waals surface area contributed by atoms with Crippen molar-refractivity contribution in [2.45, 2.75) is 50.6 Å². The summed E-state index contributed by atoms with van der Waals surface area (Å²) in [4.78, 5) is 14.5. The molecule has 0 aromatic carbocycles. The molecular formula is C16H33Cl2N3O2. The van der Waals surface area contributed by atoms with Crippen molar-refractivity contribution in [1.82, 2.24) is 15.5 Å². The maximum Gasteiger partial charge on any atom is 0.221 e. The van der Waals surface area contributed by atoms with Crippen LogP contribution in [0.25, 0.3) is 0 Å². The highest BCUT2D eigenvalue weighted by Gasteiger charge is 2.37. The molecule has 1 amide bonds. The molecule has 3 unspecified atom stereocenters. The molecule has 2 fully saturated rings. The SMILES string of the molecule is CC1CCCC(CNC(=O)CC2COCCN2)(N(C)C)C1.Cl.Cl. The molecule has 0 bridgehead atoms. The van der Waals surface area contributed by atoms with Crippen LogP contribution in [-0.2, 0) is 9.53 Å². The van der Waals surface area contributed by atoms with Crippen LogP contribution in [0.15, 0.2) is 0 Å². The van der Waals surface area contributed by atoms with E-state index >= 15 is 0 Å². The van der Waals surface area contributed by atoms with E-state index in [0.29, 0.717) is 13.0 Å². The third kappa shape index (κ3) is 6.75. The van der Waals surface area contributed by atoms with E-state index in [1.54, 1.807) is 0 Å². The van der Waals surface area contributed by atoms with Crippen LogP contribution in [0.4, 0.5) is 0 Å².